The molecular formula is C40H26Br2. The first-order chi connectivity index (χ1) is 20.6. The lowest BCUT2D eigenvalue weighted by atomic mass is 9.86. The van der Waals surface area contributed by atoms with Gasteiger partial charge in [-0.2, -0.15) is 0 Å². The molecule has 0 fully saturated rings. The summed E-state index contributed by atoms with van der Waals surface area (Å²) in [6.07, 6.45) is 3.82. The second-order valence-corrected chi connectivity index (χ2v) is 12.1. The van der Waals surface area contributed by atoms with Crippen molar-refractivity contribution in [2.24, 2.45) is 0 Å². The summed E-state index contributed by atoms with van der Waals surface area (Å²) in [5.41, 5.74) is 9.38. The van der Waals surface area contributed by atoms with E-state index in [9.17, 15) is 0 Å². The predicted molar refractivity (Wildman–Crippen MR) is 191 cm³/mol. The smallest absolute Gasteiger partial charge is 0.0254 e. The number of fused-ring (bicyclic) bond motifs is 3. The molecule has 42 heavy (non-hydrogen) atoms. The third-order valence-electron chi connectivity index (χ3n) is 8.23. The Hall–Kier alpha value is -4.24. The molecule has 0 N–H and O–H groups in total. The minimum absolute atomic E-state index is 1.02. The van der Waals surface area contributed by atoms with Gasteiger partial charge in [-0.15, -0.1) is 0 Å². The van der Waals surface area contributed by atoms with Crippen LogP contribution < -0.4 is 0 Å². The zero-order valence-corrected chi connectivity index (χ0v) is 26.0. The third kappa shape index (κ3) is 4.26. The van der Waals surface area contributed by atoms with Crippen LogP contribution in [0.4, 0.5) is 0 Å². The van der Waals surface area contributed by atoms with Crippen LogP contribution >= 0.6 is 31.9 Å². The highest BCUT2D eigenvalue weighted by atomic mass is 79.9. The first-order valence-corrected chi connectivity index (χ1v) is 15.5. The Labute approximate surface area is 262 Å². The summed E-state index contributed by atoms with van der Waals surface area (Å²) in [7, 11) is 0. The van der Waals surface area contributed by atoms with Crippen molar-refractivity contribution in [1.82, 2.24) is 0 Å². The van der Waals surface area contributed by atoms with Crippen molar-refractivity contribution in [1.29, 1.82) is 0 Å². The van der Waals surface area contributed by atoms with Crippen LogP contribution in [0.2, 0.25) is 0 Å². The lowest BCUT2D eigenvalue weighted by Gasteiger charge is -2.18. The van der Waals surface area contributed by atoms with Crippen LogP contribution in [0.15, 0.2) is 143 Å². The Morgan fingerprint density at radius 3 is 1.07 bits per heavy atom. The van der Waals surface area contributed by atoms with Crippen molar-refractivity contribution in [3.8, 4) is 33.4 Å². The maximum absolute atomic E-state index is 4.13. The molecule has 0 heterocycles. The Morgan fingerprint density at radius 2 is 0.643 bits per heavy atom. The molecule has 200 valence electrons. The average molecular weight is 666 g/mol. The van der Waals surface area contributed by atoms with E-state index in [1.54, 1.807) is 0 Å². The van der Waals surface area contributed by atoms with Gasteiger partial charge in [0.2, 0.25) is 0 Å². The molecule has 0 atom stereocenters. The maximum Gasteiger partial charge on any atom is 0.0254 e. The fourth-order valence-electron chi connectivity index (χ4n) is 6.31. The number of halogens is 2. The van der Waals surface area contributed by atoms with Gasteiger partial charge in [0.15, 0.2) is 0 Å². The van der Waals surface area contributed by atoms with Gasteiger partial charge in [0, 0.05) is 8.95 Å². The number of rotatable bonds is 5. The van der Waals surface area contributed by atoms with Crippen molar-refractivity contribution in [2.75, 3.05) is 0 Å². The van der Waals surface area contributed by atoms with Crippen molar-refractivity contribution in [3.63, 3.8) is 0 Å². The van der Waals surface area contributed by atoms with Gasteiger partial charge in [0.25, 0.3) is 0 Å². The van der Waals surface area contributed by atoms with Gasteiger partial charge < -0.3 is 0 Å². The summed E-state index contributed by atoms with van der Waals surface area (Å²) in [6.45, 7) is 8.18. The van der Waals surface area contributed by atoms with Gasteiger partial charge in [0.05, 0.1) is 0 Å². The molecule has 7 aromatic rings. The summed E-state index contributed by atoms with van der Waals surface area (Å²) >= 11 is 7.44. The van der Waals surface area contributed by atoms with Crippen LogP contribution in [-0.2, 0) is 0 Å². The van der Waals surface area contributed by atoms with Crippen LogP contribution in [0.25, 0.3) is 77.9 Å². The first kappa shape index (κ1) is 26.6. The largest absolute Gasteiger partial charge is 0.0984 e. The monoisotopic (exact) mass is 664 g/mol. The van der Waals surface area contributed by atoms with Gasteiger partial charge in [-0.1, -0.05) is 166 Å². The summed E-state index contributed by atoms with van der Waals surface area (Å²) in [5.74, 6) is 0. The highest BCUT2D eigenvalue weighted by molar-refractivity contribution is 9.11. The van der Waals surface area contributed by atoms with Gasteiger partial charge >= 0.3 is 0 Å². The molecule has 0 amide bonds. The molecule has 0 radical (unpaired) electrons. The van der Waals surface area contributed by atoms with Gasteiger partial charge in [-0.3, -0.25) is 0 Å². The Bertz CT molecular complexity index is 2200. The van der Waals surface area contributed by atoms with E-state index in [1.807, 2.05) is 12.2 Å². The van der Waals surface area contributed by atoms with E-state index in [-0.39, 0.29) is 0 Å². The Balaban J connectivity index is 1.48. The molecule has 0 saturated carbocycles. The normalized spacial score (nSPS) is 11.3. The predicted octanol–water partition coefficient (Wildman–Crippen LogP) is 13.0. The van der Waals surface area contributed by atoms with Crippen molar-refractivity contribution < 1.29 is 0 Å². The topological polar surface area (TPSA) is 0 Å². The summed E-state index contributed by atoms with van der Waals surface area (Å²) in [5, 5.41) is 7.38. The quantitative estimate of drug-likeness (QED) is 0.172. The summed E-state index contributed by atoms with van der Waals surface area (Å²) in [4.78, 5) is 0. The number of benzene rings is 7. The van der Waals surface area contributed by atoms with E-state index in [0.29, 0.717) is 0 Å². The van der Waals surface area contributed by atoms with Crippen LogP contribution in [0.5, 0.6) is 0 Å². The molecule has 0 aliphatic heterocycles. The Kier molecular flexibility index (Phi) is 6.90. The molecule has 0 bridgehead atoms. The van der Waals surface area contributed by atoms with E-state index in [1.165, 1.54) is 60.1 Å². The van der Waals surface area contributed by atoms with Crippen molar-refractivity contribution in [2.45, 2.75) is 0 Å². The molecule has 0 unspecified atom stereocenters. The van der Waals surface area contributed by atoms with E-state index in [4.69, 9.17) is 0 Å². The second-order valence-electron chi connectivity index (χ2n) is 10.4. The molecule has 0 aliphatic rings. The van der Waals surface area contributed by atoms with E-state index < -0.39 is 0 Å². The van der Waals surface area contributed by atoms with Crippen LogP contribution in [0, 0.1) is 0 Å². The lowest BCUT2D eigenvalue weighted by molar-refractivity contribution is 1.55. The van der Waals surface area contributed by atoms with E-state index in [2.05, 4.69) is 166 Å². The zero-order valence-electron chi connectivity index (χ0n) is 22.9. The molecule has 7 rings (SSSR count). The number of hydrogen-bond acceptors (Lipinski definition) is 0. The average Bonchev–Trinajstić information content (AvgIpc) is 3.04. The molecule has 0 spiro atoms. The first-order valence-electron chi connectivity index (χ1n) is 13.9. The lowest BCUT2D eigenvalue weighted by Crippen LogP contribution is -1.92. The standard InChI is InChI=1S/C40H26Br2/c1-3-25-26(4-2)39(41)23-21-32(25)33-17-18-34(28-12-6-5-11-27(28)33)35-19-20-36(30-14-8-7-13-29(30)35)37-22-24-40(42)38-16-10-9-15-31(37)38/h3-24H,1-2H2. The highest BCUT2D eigenvalue weighted by Crippen LogP contribution is 2.44. The molecule has 0 aromatic heterocycles. The molecule has 0 aliphatic carbocycles. The van der Waals surface area contributed by atoms with Crippen molar-refractivity contribution in [3.05, 3.63) is 155 Å². The fourth-order valence-corrected chi connectivity index (χ4v) is 7.29. The third-order valence-corrected chi connectivity index (χ3v) is 9.61. The molecule has 0 nitrogen and oxygen atoms in total. The van der Waals surface area contributed by atoms with E-state index in [0.717, 1.165) is 25.6 Å². The van der Waals surface area contributed by atoms with E-state index >= 15 is 0 Å². The van der Waals surface area contributed by atoms with Crippen LogP contribution in [0.1, 0.15) is 11.1 Å². The highest BCUT2D eigenvalue weighted by Gasteiger charge is 2.17. The Morgan fingerprint density at radius 1 is 0.333 bits per heavy atom. The van der Waals surface area contributed by atoms with Gasteiger partial charge in [-0.05, 0) is 89.0 Å². The zero-order chi connectivity index (χ0) is 28.8. The van der Waals surface area contributed by atoms with Crippen LogP contribution in [-0.4, -0.2) is 0 Å². The van der Waals surface area contributed by atoms with Gasteiger partial charge in [0.1, 0.15) is 0 Å². The SMILES string of the molecule is C=Cc1c(Br)ccc(-c2ccc(-c3ccc(-c4ccc(Br)c5ccccc45)c4ccccc34)c3ccccc23)c1C=C. The molecular weight excluding hydrogens is 640 g/mol. The summed E-state index contributed by atoms with van der Waals surface area (Å²) < 4.78 is 2.13. The second kappa shape index (κ2) is 10.9. The maximum atomic E-state index is 4.13. The van der Waals surface area contributed by atoms with Crippen molar-refractivity contribution >= 4 is 76.3 Å². The van der Waals surface area contributed by atoms with Crippen LogP contribution in [0.3, 0.4) is 0 Å². The summed E-state index contributed by atoms with van der Waals surface area (Å²) in [6, 6.07) is 43.8. The molecule has 0 saturated heterocycles. The minimum atomic E-state index is 1.02. The van der Waals surface area contributed by atoms with Gasteiger partial charge in [-0.25, -0.2) is 0 Å². The molecule has 2 heteroatoms. The number of hydrogen-bond donors (Lipinski definition) is 0. The minimum Gasteiger partial charge on any atom is -0.0984 e. The molecule has 7 aromatic carbocycles. The fraction of sp³-hybridized carbons (Fsp3) is 0.